The van der Waals surface area contributed by atoms with E-state index >= 15 is 0 Å². The highest BCUT2D eigenvalue weighted by Crippen LogP contribution is 2.39. The Kier molecular flexibility index (Phi) is 3.28. The number of carboxylic acids is 1. The van der Waals surface area contributed by atoms with Gasteiger partial charge in [0.15, 0.2) is 0 Å². The first-order valence-electron chi connectivity index (χ1n) is 6.07. The first kappa shape index (κ1) is 13.2. The Hall–Kier alpha value is -1.22. The Balaban J connectivity index is 2.16. The number of nitrogens with zero attached hydrogens (tertiary/aromatic N) is 1. The molecule has 0 aromatic heterocycles. The van der Waals surface area contributed by atoms with Gasteiger partial charge in [-0.15, -0.1) is 0 Å². The highest BCUT2D eigenvalue weighted by atomic mass is 35.5. The second kappa shape index (κ2) is 4.47. The molecule has 0 saturated carbocycles. The molecule has 0 unspecified atom stereocenters. The van der Waals surface area contributed by atoms with Gasteiger partial charge < -0.3 is 10.0 Å². The van der Waals surface area contributed by atoms with Crippen molar-refractivity contribution in [3.8, 4) is 0 Å². The number of halogens is 1. The van der Waals surface area contributed by atoms with Crippen LogP contribution in [-0.2, 0) is 0 Å². The van der Waals surface area contributed by atoms with E-state index in [0.717, 1.165) is 18.8 Å². The summed E-state index contributed by atoms with van der Waals surface area (Å²) in [5, 5.41) is 9.61. The largest absolute Gasteiger partial charge is 0.478 e. The van der Waals surface area contributed by atoms with Crippen LogP contribution in [0.5, 0.6) is 0 Å². The lowest BCUT2D eigenvalue weighted by Gasteiger charge is -2.48. The molecule has 1 fully saturated rings. The van der Waals surface area contributed by atoms with E-state index in [1.54, 1.807) is 12.1 Å². The zero-order valence-electron chi connectivity index (χ0n) is 10.9. The van der Waals surface area contributed by atoms with Gasteiger partial charge in [-0.2, -0.15) is 0 Å². The number of anilines is 1. The molecule has 1 N–H and O–H groups in total. The summed E-state index contributed by atoms with van der Waals surface area (Å²) in [5.74, 6) is -0.289. The SMILES string of the molecule is CC(C)(C)C1CN(c2cc(C(=O)O)ccc2Cl)C1. The van der Waals surface area contributed by atoms with Crippen molar-refractivity contribution in [2.75, 3.05) is 18.0 Å². The van der Waals surface area contributed by atoms with Crippen molar-refractivity contribution < 1.29 is 9.90 Å². The zero-order chi connectivity index (χ0) is 13.5. The third kappa shape index (κ3) is 2.46. The molecule has 1 saturated heterocycles. The lowest BCUT2D eigenvalue weighted by Crippen LogP contribution is -2.52. The van der Waals surface area contributed by atoms with Gasteiger partial charge >= 0.3 is 5.97 Å². The summed E-state index contributed by atoms with van der Waals surface area (Å²) in [6.07, 6.45) is 0. The second-order valence-corrected chi connectivity index (χ2v) is 6.35. The number of rotatable bonds is 2. The molecule has 0 bridgehead atoms. The second-order valence-electron chi connectivity index (χ2n) is 5.94. The average molecular weight is 268 g/mol. The van der Waals surface area contributed by atoms with Crippen molar-refractivity contribution in [2.45, 2.75) is 20.8 Å². The van der Waals surface area contributed by atoms with Crippen LogP contribution < -0.4 is 4.90 Å². The number of carbonyl (C=O) groups is 1. The summed E-state index contributed by atoms with van der Waals surface area (Å²) < 4.78 is 0. The summed E-state index contributed by atoms with van der Waals surface area (Å²) in [5.41, 5.74) is 1.40. The molecule has 0 aliphatic carbocycles. The fraction of sp³-hybridized carbons (Fsp3) is 0.500. The fourth-order valence-corrected chi connectivity index (χ4v) is 2.35. The maximum atomic E-state index is 11.0. The molecule has 1 heterocycles. The monoisotopic (exact) mass is 267 g/mol. The minimum Gasteiger partial charge on any atom is -0.478 e. The minimum atomic E-state index is -0.916. The van der Waals surface area contributed by atoms with Crippen LogP contribution in [0.2, 0.25) is 5.02 Å². The number of carboxylic acid groups (broad SMARTS) is 1. The molecule has 1 aromatic rings. The van der Waals surface area contributed by atoms with Crippen molar-refractivity contribution in [3.05, 3.63) is 28.8 Å². The van der Waals surface area contributed by atoms with Gasteiger partial charge in [0.1, 0.15) is 0 Å². The molecule has 0 radical (unpaired) electrons. The first-order chi connectivity index (χ1) is 8.29. The summed E-state index contributed by atoms with van der Waals surface area (Å²) in [7, 11) is 0. The molecule has 18 heavy (non-hydrogen) atoms. The fourth-order valence-electron chi connectivity index (χ4n) is 2.11. The predicted molar refractivity (Wildman–Crippen MR) is 73.6 cm³/mol. The van der Waals surface area contributed by atoms with Crippen LogP contribution >= 0.6 is 11.6 Å². The van der Waals surface area contributed by atoms with Gasteiger partial charge in [0.2, 0.25) is 0 Å². The highest BCUT2D eigenvalue weighted by molar-refractivity contribution is 6.33. The summed E-state index contributed by atoms with van der Waals surface area (Å²) in [6.45, 7) is 8.55. The van der Waals surface area contributed by atoms with Crippen LogP contribution in [0.15, 0.2) is 18.2 Å². The third-order valence-corrected chi connectivity index (χ3v) is 3.96. The average Bonchev–Trinajstić information content (AvgIpc) is 2.15. The van der Waals surface area contributed by atoms with Gasteiger partial charge in [0.25, 0.3) is 0 Å². The maximum Gasteiger partial charge on any atom is 0.335 e. The van der Waals surface area contributed by atoms with Crippen LogP contribution in [-0.4, -0.2) is 24.2 Å². The van der Waals surface area contributed by atoms with E-state index in [2.05, 4.69) is 25.7 Å². The molecule has 0 spiro atoms. The Labute approximate surface area is 112 Å². The van der Waals surface area contributed by atoms with Gasteiger partial charge in [0.05, 0.1) is 16.3 Å². The Bertz CT molecular complexity index is 473. The Morgan fingerprint density at radius 3 is 2.50 bits per heavy atom. The molecule has 1 aliphatic heterocycles. The van der Waals surface area contributed by atoms with E-state index in [0.29, 0.717) is 10.9 Å². The molecule has 98 valence electrons. The molecular formula is C14H18ClNO2. The predicted octanol–water partition coefficient (Wildman–Crippen LogP) is 3.52. The molecule has 1 aromatic carbocycles. The van der Waals surface area contributed by atoms with E-state index in [4.69, 9.17) is 16.7 Å². The van der Waals surface area contributed by atoms with E-state index < -0.39 is 5.97 Å². The minimum absolute atomic E-state index is 0.285. The standard InChI is InChI=1S/C14H18ClNO2/c1-14(2,3)10-7-16(8-10)12-6-9(13(17)18)4-5-11(12)15/h4-6,10H,7-8H2,1-3H3,(H,17,18). The van der Waals surface area contributed by atoms with Crippen LogP contribution in [0.4, 0.5) is 5.69 Å². The van der Waals surface area contributed by atoms with Crippen LogP contribution in [0, 0.1) is 11.3 Å². The van der Waals surface area contributed by atoms with Gasteiger partial charge in [-0.25, -0.2) is 4.79 Å². The smallest absolute Gasteiger partial charge is 0.335 e. The van der Waals surface area contributed by atoms with Gasteiger partial charge in [0, 0.05) is 13.1 Å². The maximum absolute atomic E-state index is 11.0. The number of hydrogen-bond acceptors (Lipinski definition) is 2. The Morgan fingerprint density at radius 1 is 1.39 bits per heavy atom. The molecule has 0 atom stereocenters. The van der Waals surface area contributed by atoms with E-state index in [1.165, 1.54) is 6.07 Å². The molecule has 1 aliphatic rings. The van der Waals surface area contributed by atoms with Crippen LogP contribution in [0.3, 0.4) is 0 Å². The van der Waals surface area contributed by atoms with Crippen LogP contribution in [0.1, 0.15) is 31.1 Å². The van der Waals surface area contributed by atoms with Gasteiger partial charge in [-0.1, -0.05) is 32.4 Å². The molecule has 4 heteroatoms. The molecule has 2 rings (SSSR count). The third-order valence-electron chi connectivity index (χ3n) is 3.64. The normalized spacial score (nSPS) is 16.6. The summed E-state index contributed by atoms with van der Waals surface area (Å²) >= 11 is 6.14. The first-order valence-corrected chi connectivity index (χ1v) is 6.44. The van der Waals surface area contributed by atoms with Crippen LogP contribution in [0.25, 0.3) is 0 Å². The van der Waals surface area contributed by atoms with Crippen molar-refractivity contribution in [2.24, 2.45) is 11.3 Å². The van der Waals surface area contributed by atoms with Gasteiger partial charge in [-0.05, 0) is 29.5 Å². The number of benzene rings is 1. The number of aromatic carboxylic acids is 1. The summed E-state index contributed by atoms with van der Waals surface area (Å²) in [6, 6.07) is 4.85. The molecule has 3 nitrogen and oxygen atoms in total. The highest BCUT2D eigenvalue weighted by Gasteiger charge is 2.36. The van der Waals surface area contributed by atoms with Gasteiger partial charge in [-0.3, -0.25) is 0 Å². The summed E-state index contributed by atoms with van der Waals surface area (Å²) in [4.78, 5) is 13.1. The lowest BCUT2D eigenvalue weighted by molar-refractivity contribution is 0.0697. The van der Waals surface area contributed by atoms with Crippen molar-refractivity contribution in [1.82, 2.24) is 0 Å². The van der Waals surface area contributed by atoms with E-state index in [1.807, 2.05) is 0 Å². The zero-order valence-corrected chi connectivity index (χ0v) is 11.7. The quantitative estimate of drug-likeness (QED) is 0.891. The van der Waals surface area contributed by atoms with Crippen molar-refractivity contribution in [1.29, 1.82) is 0 Å². The number of hydrogen-bond donors (Lipinski definition) is 1. The molecule has 0 amide bonds. The molecular weight excluding hydrogens is 250 g/mol. The Morgan fingerprint density at radius 2 is 2.00 bits per heavy atom. The topological polar surface area (TPSA) is 40.5 Å². The van der Waals surface area contributed by atoms with Crippen molar-refractivity contribution >= 4 is 23.3 Å². The van der Waals surface area contributed by atoms with E-state index in [9.17, 15) is 4.79 Å². The lowest BCUT2D eigenvalue weighted by atomic mass is 9.76. The van der Waals surface area contributed by atoms with Crippen molar-refractivity contribution in [3.63, 3.8) is 0 Å². The van der Waals surface area contributed by atoms with E-state index in [-0.39, 0.29) is 11.0 Å².